The minimum atomic E-state index is -1.13. The van der Waals surface area contributed by atoms with Gasteiger partial charge in [-0.05, 0) is 48.7 Å². The molecular formula is C23H22FN3O3. The summed E-state index contributed by atoms with van der Waals surface area (Å²) in [6.07, 6.45) is 3.40. The third-order valence-electron chi connectivity index (χ3n) is 5.31. The Kier molecular flexibility index (Phi) is 5.11. The summed E-state index contributed by atoms with van der Waals surface area (Å²) in [6.45, 7) is 3.80. The second-order valence-electron chi connectivity index (χ2n) is 7.54. The number of imide groups is 1. The Morgan fingerprint density at radius 3 is 2.47 bits per heavy atom. The summed E-state index contributed by atoms with van der Waals surface area (Å²) < 4.78 is 18.5. The number of oxazole rings is 1. The molecule has 6 nitrogen and oxygen atoms in total. The van der Waals surface area contributed by atoms with Gasteiger partial charge in [-0.15, -0.1) is 0 Å². The molecule has 3 amide bonds. The summed E-state index contributed by atoms with van der Waals surface area (Å²) in [7, 11) is 0. The van der Waals surface area contributed by atoms with Crippen molar-refractivity contribution in [1.29, 1.82) is 0 Å². The smallest absolute Gasteiger partial charge is 0.325 e. The maximum absolute atomic E-state index is 13.1. The Hall–Kier alpha value is -3.48. The first-order valence-electron chi connectivity index (χ1n) is 9.84. The van der Waals surface area contributed by atoms with Crippen LogP contribution in [0.15, 0.2) is 59.2 Å². The first-order valence-corrected chi connectivity index (χ1v) is 9.84. The van der Waals surface area contributed by atoms with Crippen LogP contribution in [0, 0.1) is 5.82 Å². The second kappa shape index (κ2) is 7.74. The van der Waals surface area contributed by atoms with Crippen molar-refractivity contribution in [2.24, 2.45) is 0 Å². The number of hydrogen-bond acceptors (Lipinski definition) is 4. The number of nitrogens with zero attached hydrogens (tertiary/aromatic N) is 2. The van der Waals surface area contributed by atoms with Gasteiger partial charge in [-0.25, -0.2) is 14.2 Å². The third-order valence-corrected chi connectivity index (χ3v) is 5.31. The van der Waals surface area contributed by atoms with Gasteiger partial charge in [0, 0.05) is 5.56 Å². The maximum atomic E-state index is 13.1. The van der Waals surface area contributed by atoms with Crippen LogP contribution in [0.1, 0.15) is 37.1 Å². The number of nitrogens with one attached hydrogen (secondary N) is 1. The van der Waals surface area contributed by atoms with Crippen molar-refractivity contribution < 1.29 is 18.4 Å². The first-order chi connectivity index (χ1) is 14.4. The van der Waals surface area contributed by atoms with Crippen LogP contribution in [-0.2, 0) is 23.3 Å². The molecule has 0 bridgehead atoms. The quantitative estimate of drug-likeness (QED) is 0.615. The average molecular weight is 407 g/mol. The number of aryl methyl sites for hydroxylation is 1. The van der Waals surface area contributed by atoms with E-state index in [9.17, 15) is 14.0 Å². The van der Waals surface area contributed by atoms with Crippen molar-refractivity contribution in [1.82, 2.24) is 15.2 Å². The molecule has 0 radical (unpaired) electrons. The predicted octanol–water partition coefficient (Wildman–Crippen LogP) is 4.40. The molecule has 30 heavy (non-hydrogen) atoms. The maximum Gasteiger partial charge on any atom is 0.325 e. The van der Waals surface area contributed by atoms with Crippen LogP contribution in [-0.4, -0.2) is 21.8 Å². The Morgan fingerprint density at radius 1 is 1.10 bits per heavy atom. The van der Waals surface area contributed by atoms with Gasteiger partial charge < -0.3 is 9.73 Å². The predicted molar refractivity (Wildman–Crippen MR) is 109 cm³/mol. The molecule has 1 atom stereocenters. The second-order valence-corrected chi connectivity index (χ2v) is 7.54. The minimum absolute atomic E-state index is 0.0150. The Bertz CT molecular complexity index is 1080. The van der Waals surface area contributed by atoms with E-state index in [1.807, 2.05) is 24.3 Å². The lowest BCUT2D eigenvalue weighted by atomic mass is 9.91. The fourth-order valence-corrected chi connectivity index (χ4v) is 3.60. The van der Waals surface area contributed by atoms with E-state index in [-0.39, 0.29) is 18.3 Å². The molecule has 4 rings (SSSR count). The lowest BCUT2D eigenvalue weighted by Gasteiger charge is -2.22. The molecule has 1 unspecified atom stereocenters. The fourth-order valence-electron chi connectivity index (χ4n) is 3.60. The Labute approximate surface area is 173 Å². The highest BCUT2D eigenvalue weighted by molar-refractivity contribution is 6.07. The molecule has 1 saturated heterocycles. The SMILES string of the molecule is CCCc1ccc(C2(C)NC(=O)N(Cc3coc(-c4ccc(F)cc4)n3)C2=O)cc1. The van der Waals surface area contributed by atoms with Crippen LogP contribution in [0.2, 0.25) is 0 Å². The average Bonchev–Trinajstić information content (AvgIpc) is 3.29. The van der Waals surface area contributed by atoms with Crippen molar-refractivity contribution in [3.8, 4) is 11.5 Å². The molecule has 1 aromatic heterocycles. The minimum Gasteiger partial charge on any atom is -0.444 e. The summed E-state index contributed by atoms with van der Waals surface area (Å²) in [6, 6.07) is 13.0. The highest BCUT2D eigenvalue weighted by Crippen LogP contribution is 2.30. The van der Waals surface area contributed by atoms with E-state index in [4.69, 9.17) is 4.42 Å². The largest absolute Gasteiger partial charge is 0.444 e. The summed E-state index contributed by atoms with van der Waals surface area (Å²) in [4.78, 5) is 31.1. The molecule has 0 aliphatic carbocycles. The monoisotopic (exact) mass is 407 g/mol. The highest BCUT2D eigenvalue weighted by Gasteiger charge is 2.49. The number of hydrogen-bond donors (Lipinski definition) is 1. The summed E-state index contributed by atoms with van der Waals surface area (Å²) in [5.41, 5.74) is 1.83. The van der Waals surface area contributed by atoms with Gasteiger partial charge in [-0.3, -0.25) is 9.69 Å². The molecule has 1 aliphatic heterocycles. The van der Waals surface area contributed by atoms with Crippen LogP contribution >= 0.6 is 0 Å². The van der Waals surface area contributed by atoms with Crippen LogP contribution in [0.5, 0.6) is 0 Å². The molecule has 2 heterocycles. The van der Waals surface area contributed by atoms with Gasteiger partial charge in [0.25, 0.3) is 5.91 Å². The number of carbonyl (C=O) groups excluding carboxylic acids is 2. The third kappa shape index (κ3) is 3.58. The van der Waals surface area contributed by atoms with Crippen molar-refractivity contribution in [3.05, 3.63) is 77.4 Å². The standard InChI is InChI=1S/C23H22FN3O3/c1-3-4-15-5-9-17(10-6-15)23(2)21(28)27(22(29)26-23)13-19-14-30-20(25-19)16-7-11-18(24)12-8-16/h5-12,14H,3-4,13H2,1-2H3,(H,26,29). The van der Waals surface area contributed by atoms with Gasteiger partial charge in [0.05, 0.1) is 12.2 Å². The van der Waals surface area contributed by atoms with E-state index >= 15 is 0 Å². The van der Waals surface area contributed by atoms with Gasteiger partial charge in [0.15, 0.2) is 0 Å². The zero-order valence-corrected chi connectivity index (χ0v) is 16.8. The number of urea groups is 1. The normalized spacial score (nSPS) is 18.7. The van der Waals surface area contributed by atoms with E-state index in [1.54, 1.807) is 19.1 Å². The van der Waals surface area contributed by atoms with Gasteiger partial charge in [-0.2, -0.15) is 0 Å². The Morgan fingerprint density at radius 2 is 1.80 bits per heavy atom. The van der Waals surface area contributed by atoms with Crippen molar-refractivity contribution in [3.63, 3.8) is 0 Å². The van der Waals surface area contributed by atoms with E-state index in [0.29, 0.717) is 17.1 Å². The van der Waals surface area contributed by atoms with Gasteiger partial charge >= 0.3 is 6.03 Å². The van der Waals surface area contributed by atoms with Gasteiger partial charge in [0.1, 0.15) is 17.6 Å². The lowest BCUT2D eigenvalue weighted by Crippen LogP contribution is -2.40. The highest BCUT2D eigenvalue weighted by atomic mass is 19.1. The molecular weight excluding hydrogens is 385 g/mol. The number of rotatable bonds is 6. The molecule has 7 heteroatoms. The summed E-state index contributed by atoms with van der Waals surface area (Å²) >= 11 is 0. The van der Waals surface area contributed by atoms with Gasteiger partial charge in [0.2, 0.25) is 5.89 Å². The van der Waals surface area contributed by atoms with Crippen LogP contribution in [0.4, 0.5) is 9.18 Å². The zero-order valence-electron chi connectivity index (χ0n) is 16.8. The van der Waals surface area contributed by atoms with E-state index in [0.717, 1.165) is 23.3 Å². The van der Waals surface area contributed by atoms with Gasteiger partial charge in [-0.1, -0.05) is 37.6 Å². The molecule has 0 saturated carbocycles. The molecule has 1 N–H and O–H groups in total. The molecule has 3 aromatic rings. The van der Waals surface area contributed by atoms with E-state index in [2.05, 4.69) is 17.2 Å². The molecule has 154 valence electrons. The zero-order chi connectivity index (χ0) is 21.3. The van der Waals surface area contributed by atoms with Crippen molar-refractivity contribution >= 4 is 11.9 Å². The van der Waals surface area contributed by atoms with Crippen molar-refractivity contribution in [2.45, 2.75) is 38.8 Å². The fraction of sp³-hybridized carbons (Fsp3) is 0.261. The first kappa shape index (κ1) is 19.8. The number of carbonyl (C=O) groups is 2. The van der Waals surface area contributed by atoms with E-state index < -0.39 is 11.6 Å². The molecule has 2 aromatic carbocycles. The van der Waals surface area contributed by atoms with E-state index in [1.165, 1.54) is 24.0 Å². The number of halogens is 1. The summed E-state index contributed by atoms with van der Waals surface area (Å²) in [5.74, 6) is -0.403. The van der Waals surface area contributed by atoms with Crippen LogP contribution in [0.3, 0.4) is 0 Å². The van der Waals surface area contributed by atoms with Crippen LogP contribution in [0.25, 0.3) is 11.5 Å². The topological polar surface area (TPSA) is 75.4 Å². The van der Waals surface area contributed by atoms with Crippen molar-refractivity contribution in [2.75, 3.05) is 0 Å². The molecule has 1 fully saturated rings. The number of benzene rings is 2. The number of amides is 3. The summed E-state index contributed by atoms with van der Waals surface area (Å²) in [5, 5.41) is 2.80. The number of aromatic nitrogens is 1. The molecule has 0 spiro atoms. The Balaban J connectivity index is 1.52. The van der Waals surface area contributed by atoms with Crippen LogP contribution < -0.4 is 5.32 Å². The molecule has 1 aliphatic rings. The lowest BCUT2D eigenvalue weighted by molar-refractivity contribution is -0.131.